The van der Waals surface area contributed by atoms with Crippen molar-refractivity contribution in [2.24, 2.45) is 0 Å². The van der Waals surface area contributed by atoms with Crippen LogP contribution in [-0.4, -0.2) is 50.1 Å². The van der Waals surface area contributed by atoms with E-state index in [1.54, 1.807) is 42.5 Å². The van der Waals surface area contributed by atoms with Gasteiger partial charge in [-0.3, -0.25) is 9.59 Å². The highest BCUT2D eigenvalue weighted by molar-refractivity contribution is 6.46. The second-order valence-corrected chi connectivity index (χ2v) is 6.26. The number of aliphatic hydroxyl groups is 1. The number of ether oxygens (including phenoxy) is 3. The molecule has 0 radical (unpaired) electrons. The number of ketones is 1. The second kappa shape index (κ2) is 7.64. The lowest BCUT2D eigenvalue weighted by Crippen LogP contribution is -2.24. The SMILES string of the molecule is COc1cccc([C@H]2C(=C(O)c3ccc(OC)c(OC)c3)C(=O)C(=O)N2C)c1. The lowest BCUT2D eigenvalue weighted by Gasteiger charge is -2.21. The Balaban J connectivity index is 2.17. The molecule has 0 unspecified atom stereocenters. The van der Waals surface area contributed by atoms with E-state index in [1.165, 1.54) is 33.3 Å². The number of amides is 1. The molecule has 0 spiro atoms. The fourth-order valence-electron chi connectivity index (χ4n) is 3.29. The van der Waals surface area contributed by atoms with E-state index in [2.05, 4.69) is 0 Å². The summed E-state index contributed by atoms with van der Waals surface area (Å²) in [5, 5.41) is 10.9. The minimum absolute atomic E-state index is 0.00738. The Hall–Kier alpha value is -3.48. The molecule has 7 heteroatoms. The molecule has 0 saturated carbocycles. The van der Waals surface area contributed by atoms with Crippen LogP contribution in [0.2, 0.25) is 0 Å². The van der Waals surface area contributed by atoms with Crippen molar-refractivity contribution in [3.63, 3.8) is 0 Å². The largest absolute Gasteiger partial charge is 0.507 e. The molecule has 1 atom stereocenters. The zero-order valence-electron chi connectivity index (χ0n) is 16.1. The van der Waals surface area contributed by atoms with E-state index < -0.39 is 17.7 Å². The van der Waals surface area contributed by atoms with Crippen molar-refractivity contribution in [2.75, 3.05) is 28.4 Å². The number of benzene rings is 2. The topological polar surface area (TPSA) is 85.3 Å². The molecular weight excluding hydrogens is 362 g/mol. The molecule has 1 heterocycles. The van der Waals surface area contributed by atoms with Gasteiger partial charge in [0.2, 0.25) is 0 Å². The Labute approximate surface area is 162 Å². The maximum Gasteiger partial charge on any atom is 0.295 e. The molecule has 2 aromatic rings. The van der Waals surface area contributed by atoms with Crippen LogP contribution in [0.25, 0.3) is 5.76 Å². The third-order valence-electron chi connectivity index (χ3n) is 4.74. The van der Waals surface area contributed by atoms with E-state index in [0.717, 1.165) is 0 Å². The number of nitrogens with zero attached hydrogens (tertiary/aromatic N) is 1. The van der Waals surface area contributed by atoms with Crippen molar-refractivity contribution in [3.8, 4) is 17.2 Å². The highest BCUT2D eigenvalue weighted by Crippen LogP contribution is 2.40. The summed E-state index contributed by atoms with van der Waals surface area (Å²) in [5.41, 5.74) is 1.01. The van der Waals surface area contributed by atoms with Gasteiger partial charge in [0.15, 0.2) is 11.5 Å². The molecular formula is C21H21NO6. The smallest absolute Gasteiger partial charge is 0.295 e. The van der Waals surface area contributed by atoms with Gasteiger partial charge in [-0.05, 0) is 35.9 Å². The van der Waals surface area contributed by atoms with Crippen LogP contribution in [0, 0.1) is 0 Å². The standard InChI is InChI=1S/C21H21NO6/c1-22-18(12-6-5-7-14(10-12)26-2)17(20(24)21(22)25)19(23)13-8-9-15(27-3)16(11-13)28-4/h5-11,18,23H,1-4H3/t18-/m0/s1. The predicted molar refractivity (Wildman–Crippen MR) is 103 cm³/mol. The van der Waals surface area contributed by atoms with E-state index in [-0.39, 0.29) is 11.3 Å². The number of likely N-dealkylation sites (N-methyl/N-ethyl adjacent to an activating group) is 1. The zero-order valence-corrected chi connectivity index (χ0v) is 16.1. The van der Waals surface area contributed by atoms with Crippen LogP contribution in [0.4, 0.5) is 0 Å². The molecule has 2 aromatic carbocycles. The lowest BCUT2D eigenvalue weighted by atomic mass is 9.95. The summed E-state index contributed by atoms with van der Waals surface area (Å²) in [5.74, 6) is -0.244. The van der Waals surface area contributed by atoms with Gasteiger partial charge in [0.25, 0.3) is 11.7 Å². The van der Waals surface area contributed by atoms with Crippen LogP contribution in [0.5, 0.6) is 17.2 Å². The third kappa shape index (κ3) is 3.15. The third-order valence-corrected chi connectivity index (χ3v) is 4.74. The van der Waals surface area contributed by atoms with Crippen molar-refractivity contribution in [1.29, 1.82) is 0 Å². The van der Waals surface area contributed by atoms with Gasteiger partial charge in [0.1, 0.15) is 11.5 Å². The Kier molecular flexibility index (Phi) is 5.26. The molecule has 1 saturated heterocycles. The number of Topliss-reactive ketones (excluding diaryl/α,β-unsaturated/α-hetero) is 1. The van der Waals surface area contributed by atoms with Crippen LogP contribution in [0.1, 0.15) is 17.2 Å². The van der Waals surface area contributed by atoms with E-state index in [4.69, 9.17) is 14.2 Å². The number of rotatable bonds is 5. The van der Waals surface area contributed by atoms with Crippen LogP contribution < -0.4 is 14.2 Å². The minimum Gasteiger partial charge on any atom is -0.507 e. The number of hydrogen-bond donors (Lipinski definition) is 1. The molecule has 28 heavy (non-hydrogen) atoms. The Morgan fingerprint density at radius 2 is 1.68 bits per heavy atom. The van der Waals surface area contributed by atoms with Gasteiger partial charge in [-0.25, -0.2) is 0 Å². The summed E-state index contributed by atoms with van der Waals surface area (Å²) in [6, 6.07) is 11.1. The van der Waals surface area contributed by atoms with E-state index in [9.17, 15) is 14.7 Å². The zero-order chi connectivity index (χ0) is 20.4. The first-order valence-electron chi connectivity index (χ1n) is 8.53. The Morgan fingerprint density at radius 1 is 0.964 bits per heavy atom. The van der Waals surface area contributed by atoms with Crippen LogP contribution in [0.3, 0.4) is 0 Å². The summed E-state index contributed by atoms with van der Waals surface area (Å²) in [7, 11) is 6.04. The lowest BCUT2D eigenvalue weighted by molar-refractivity contribution is -0.139. The van der Waals surface area contributed by atoms with Gasteiger partial charge >= 0.3 is 0 Å². The molecule has 0 bridgehead atoms. The van der Waals surface area contributed by atoms with E-state index in [1.807, 2.05) is 0 Å². The summed E-state index contributed by atoms with van der Waals surface area (Å²) in [6.07, 6.45) is 0. The average Bonchev–Trinajstić information content (AvgIpc) is 2.96. The fourth-order valence-corrected chi connectivity index (χ4v) is 3.29. The summed E-state index contributed by atoms with van der Waals surface area (Å²) >= 11 is 0. The molecule has 7 nitrogen and oxygen atoms in total. The first kappa shape index (κ1) is 19.3. The van der Waals surface area contributed by atoms with Gasteiger partial charge < -0.3 is 24.2 Å². The maximum atomic E-state index is 12.7. The molecule has 0 aromatic heterocycles. The molecule has 1 N–H and O–H groups in total. The van der Waals surface area contributed by atoms with Gasteiger partial charge in [-0.2, -0.15) is 0 Å². The van der Waals surface area contributed by atoms with Crippen molar-refractivity contribution in [3.05, 3.63) is 59.2 Å². The van der Waals surface area contributed by atoms with Crippen LogP contribution in [-0.2, 0) is 9.59 Å². The normalized spacial score (nSPS) is 18.3. The number of carbonyl (C=O) groups is 2. The van der Waals surface area contributed by atoms with E-state index in [0.29, 0.717) is 28.4 Å². The molecule has 1 aliphatic heterocycles. The van der Waals surface area contributed by atoms with Crippen LogP contribution >= 0.6 is 0 Å². The number of carbonyl (C=O) groups excluding carboxylic acids is 2. The van der Waals surface area contributed by atoms with Crippen molar-refractivity contribution in [2.45, 2.75) is 6.04 Å². The van der Waals surface area contributed by atoms with Crippen molar-refractivity contribution >= 4 is 17.4 Å². The van der Waals surface area contributed by atoms with Gasteiger partial charge in [0.05, 0.1) is 32.9 Å². The second-order valence-electron chi connectivity index (χ2n) is 6.26. The van der Waals surface area contributed by atoms with Gasteiger partial charge in [0, 0.05) is 12.6 Å². The molecule has 0 aliphatic carbocycles. The number of hydrogen-bond acceptors (Lipinski definition) is 6. The van der Waals surface area contributed by atoms with Crippen molar-refractivity contribution < 1.29 is 28.9 Å². The monoisotopic (exact) mass is 383 g/mol. The van der Waals surface area contributed by atoms with E-state index >= 15 is 0 Å². The quantitative estimate of drug-likeness (QED) is 0.485. The molecule has 1 amide bonds. The molecule has 146 valence electrons. The van der Waals surface area contributed by atoms with Crippen LogP contribution in [0.15, 0.2) is 48.0 Å². The molecule has 1 fully saturated rings. The first-order valence-corrected chi connectivity index (χ1v) is 8.53. The number of methoxy groups -OCH3 is 3. The number of likely N-dealkylation sites (tertiary alicyclic amines) is 1. The minimum atomic E-state index is -0.748. The Morgan fingerprint density at radius 3 is 2.32 bits per heavy atom. The average molecular weight is 383 g/mol. The summed E-state index contributed by atoms with van der Waals surface area (Å²) in [6.45, 7) is 0. The number of aliphatic hydroxyl groups excluding tert-OH is 1. The highest BCUT2D eigenvalue weighted by Gasteiger charge is 2.44. The van der Waals surface area contributed by atoms with Crippen molar-refractivity contribution in [1.82, 2.24) is 4.90 Å². The molecule has 3 rings (SSSR count). The summed E-state index contributed by atoms with van der Waals surface area (Å²) < 4.78 is 15.7. The first-order chi connectivity index (χ1) is 13.4. The highest BCUT2D eigenvalue weighted by atomic mass is 16.5. The Bertz CT molecular complexity index is 965. The maximum absolute atomic E-state index is 12.7. The molecule has 1 aliphatic rings. The van der Waals surface area contributed by atoms with Gasteiger partial charge in [-0.1, -0.05) is 12.1 Å². The summed E-state index contributed by atoms with van der Waals surface area (Å²) in [4.78, 5) is 26.3. The fraction of sp³-hybridized carbons (Fsp3) is 0.238. The van der Waals surface area contributed by atoms with Gasteiger partial charge in [-0.15, -0.1) is 0 Å². The predicted octanol–water partition coefficient (Wildman–Crippen LogP) is 2.76.